The lowest BCUT2D eigenvalue weighted by Gasteiger charge is -2.07. The van der Waals surface area contributed by atoms with Crippen molar-refractivity contribution in [3.05, 3.63) is 53.5 Å². The molecule has 1 N–H and O–H groups in total. The van der Waals surface area contributed by atoms with Crippen molar-refractivity contribution in [1.82, 2.24) is 0 Å². The maximum atomic E-state index is 12.1. The molecule has 1 heterocycles. The van der Waals surface area contributed by atoms with Gasteiger partial charge in [-0.25, -0.2) is 18.0 Å². The molecule has 0 radical (unpaired) electrons. The van der Waals surface area contributed by atoms with Crippen LogP contribution in [0.3, 0.4) is 0 Å². The molecule has 1 aromatic heterocycles. The maximum Gasteiger partial charge on any atom is 0.374 e. The fourth-order valence-corrected chi connectivity index (χ4v) is 2.43. The molecule has 0 amide bonds. The number of rotatable bonds is 6. The molecule has 2 rings (SSSR count). The van der Waals surface area contributed by atoms with Crippen molar-refractivity contribution in [3.8, 4) is 0 Å². The van der Waals surface area contributed by atoms with E-state index in [1.54, 1.807) is 0 Å². The van der Waals surface area contributed by atoms with Gasteiger partial charge in [0.05, 0.1) is 25.2 Å². The Morgan fingerprint density at radius 1 is 1.21 bits per heavy atom. The van der Waals surface area contributed by atoms with E-state index in [4.69, 9.17) is 9.15 Å². The van der Waals surface area contributed by atoms with E-state index in [0.29, 0.717) is 5.56 Å². The van der Waals surface area contributed by atoms with Crippen LogP contribution in [-0.4, -0.2) is 33.7 Å². The number of nitrogens with one attached hydrogen (secondary N) is 1. The van der Waals surface area contributed by atoms with Gasteiger partial charge in [0.1, 0.15) is 6.61 Å². The number of furan rings is 1. The molecule has 0 atom stereocenters. The highest BCUT2D eigenvalue weighted by Gasteiger charge is 2.18. The van der Waals surface area contributed by atoms with Crippen LogP contribution in [0.1, 0.15) is 26.5 Å². The van der Waals surface area contributed by atoms with Gasteiger partial charge >= 0.3 is 11.9 Å². The fraction of sp³-hybridized carbons (Fsp3) is 0.200. The second-order valence-electron chi connectivity index (χ2n) is 4.80. The van der Waals surface area contributed by atoms with E-state index >= 15 is 0 Å². The number of anilines is 1. The smallest absolute Gasteiger partial charge is 0.374 e. The second-order valence-corrected chi connectivity index (χ2v) is 6.55. The highest BCUT2D eigenvalue weighted by Crippen LogP contribution is 2.16. The summed E-state index contributed by atoms with van der Waals surface area (Å²) in [6.07, 6.45) is 2.29. The van der Waals surface area contributed by atoms with Crippen molar-refractivity contribution in [1.29, 1.82) is 0 Å². The first kappa shape index (κ1) is 17.5. The molecule has 0 spiro atoms. The van der Waals surface area contributed by atoms with Crippen molar-refractivity contribution < 1.29 is 31.9 Å². The average Bonchev–Trinajstić information content (AvgIpc) is 2.99. The summed E-state index contributed by atoms with van der Waals surface area (Å²) in [5.41, 5.74) is 0.762. The van der Waals surface area contributed by atoms with Crippen LogP contribution in [-0.2, 0) is 26.1 Å². The van der Waals surface area contributed by atoms with Crippen molar-refractivity contribution >= 4 is 27.6 Å². The minimum atomic E-state index is -3.45. The summed E-state index contributed by atoms with van der Waals surface area (Å²) in [6.45, 7) is -0.191. The third-order valence-electron chi connectivity index (χ3n) is 2.88. The van der Waals surface area contributed by atoms with Crippen LogP contribution in [0.2, 0.25) is 0 Å². The molecule has 2 aromatic rings. The number of carbonyl (C=O) groups excluding carboxylic acids is 2. The molecule has 9 heteroatoms. The maximum absolute atomic E-state index is 12.1. The number of sulfonamides is 1. The molecule has 0 saturated carbocycles. The molecule has 0 fully saturated rings. The standard InChI is InChI=1S/C15H15NO7S/c1-21-15(18)13-11(6-7-22-13)9-23-14(17)10-4-3-5-12(8-10)16-24(2,19)20/h3-8,16H,9H2,1-2H3. The summed E-state index contributed by atoms with van der Waals surface area (Å²) >= 11 is 0. The molecule has 1 aromatic carbocycles. The first-order valence-corrected chi connectivity index (χ1v) is 8.59. The number of hydrogen-bond acceptors (Lipinski definition) is 7. The van der Waals surface area contributed by atoms with E-state index in [1.807, 2.05) is 0 Å². The van der Waals surface area contributed by atoms with Crippen LogP contribution in [0.25, 0.3) is 0 Å². The molecule has 128 valence electrons. The van der Waals surface area contributed by atoms with Crippen LogP contribution in [0.4, 0.5) is 5.69 Å². The highest BCUT2D eigenvalue weighted by atomic mass is 32.2. The Balaban J connectivity index is 2.07. The summed E-state index contributed by atoms with van der Waals surface area (Å²) in [5, 5.41) is 0. The van der Waals surface area contributed by atoms with Crippen LogP contribution in [0.15, 0.2) is 41.0 Å². The molecule has 0 aliphatic carbocycles. The van der Waals surface area contributed by atoms with E-state index in [9.17, 15) is 18.0 Å². The third kappa shape index (κ3) is 4.59. The van der Waals surface area contributed by atoms with Gasteiger partial charge in [-0.05, 0) is 24.3 Å². The Hall–Kier alpha value is -2.81. The van der Waals surface area contributed by atoms with Crippen molar-refractivity contribution in [2.45, 2.75) is 6.61 Å². The van der Waals surface area contributed by atoms with E-state index in [1.165, 1.54) is 43.7 Å². The first-order valence-electron chi connectivity index (χ1n) is 6.70. The fourth-order valence-electron chi connectivity index (χ4n) is 1.87. The zero-order valence-corrected chi connectivity index (χ0v) is 13.8. The molecule has 0 aliphatic heterocycles. The molecule has 0 aliphatic rings. The van der Waals surface area contributed by atoms with Crippen LogP contribution in [0, 0.1) is 0 Å². The molecule has 0 saturated heterocycles. The van der Waals surface area contributed by atoms with Gasteiger partial charge in [-0.1, -0.05) is 6.07 Å². The summed E-state index contributed by atoms with van der Waals surface area (Å²) in [7, 11) is -2.24. The average molecular weight is 353 g/mol. The molecule has 0 unspecified atom stereocenters. The summed E-state index contributed by atoms with van der Waals surface area (Å²) in [5.74, 6) is -1.40. The summed E-state index contributed by atoms with van der Waals surface area (Å²) in [4.78, 5) is 23.5. The molecule has 24 heavy (non-hydrogen) atoms. The Kier molecular flexibility index (Phi) is 5.24. The highest BCUT2D eigenvalue weighted by molar-refractivity contribution is 7.92. The number of ether oxygens (including phenoxy) is 2. The number of hydrogen-bond donors (Lipinski definition) is 1. The van der Waals surface area contributed by atoms with E-state index in [-0.39, 0.29) is 23.6 Å². The molecular formula is C15H15NO7S. The number of esters is 2. The zero-order chi connectivity index (χ0) is 17.7. The van der Waals surface area contributed by atoms with Crippen LogP contribution >= 0.6 is 0 Å². The lowest BCUT2D eigenvalue weighted by atomic mass is 10.2. The molecular weight excluding hydrogens is 338 g/mol. The topological polar surface area (TPSA) is 112 Å². The largest absolute Gasteiger partial charge is 0.463 e. The predicted octanol–water partition coefficient (Wildman–Crippen LogP) is 1.79. The summed E-state index contributed by atoms with van der Waals surface area (Å²) < 4.78 is 39.3. The van der Waals surface area contributed by atoms with Gasteiger partial charge in [0.25, 0.3) is 0 Å². The van der Waals surface area contributed by atoms with E-state index < -0.39 is 22.0 Å². The quantitative estimate of drug-likeness (QED) is 0.788. The van der Waals surface area contributed by atoms with Crippen molar-refractivity contribution in [2.24, 2.45) is 0 Å². The predicted molar refractivity (Wildman–Crippen MR) is 84.1 cm³/mol. The Labute approximate surface area is 138 Å². The van der Waals surface area contributed by atoms with Gasteiger partial charge in [0, 0.05) is 11.3 Å². The Morgan fingerprint density at radius 3 is 2.62 bits per heavy atom. The van der Waals surface area contributed by atoms with E-state index in [0.717, 1.165) is 6.26 Å². The van der Waals surface area contributed by atoms with Gasteiger partial charge in [0.2, 0.25) is 15.8 Å². The Bertz CT molecular complexity index is 854. The van der Waals surface area contributed by atoms with Crippen molar-refractivity contribution in [2.75, 3.05) is 18.1 Å². The Morgan fingerprint density at radius 2 is 1.96 bits per heavy atom. The van der Waals surface area contributed by atoms with Gasteiger partial charge in [-0.2, -0.15) is 0 Å². The number of carbonyl (C=O) groups is 2. The first-order chi connectivity index (χ1) is 11.3. The van der Waals surface area contributed by atoms with Crippen LogP contribution < -0.4 is 4.72 Å². The summed E-state index contributed by atoms with van der Waals surface area (Å²) in [6, 6.07) is 7.33. The van der Waals surface area contributed by atoms with Gasteiger partial charge < -0.3 is 13.9 Å². The minimum Gasteiger partial charge on any atom is -0.463 e. The van der Waals surface area contributed by atoms with Crippen LogP contribution in [0.5, 0.6) is 0 Å². The number of benzene rings is 1. The third-order valence-corrected chi connectivity index (χ3v) is 3.48. The van der Waals surface area contributed by atoms with E-state index in [2.05, 4.69) is 9.46 Å². The monoisotopic (exact) mass is 353 g/mol. The van der Waals surface area contributed by atoms with Gasteiger partial charge in [-0.3, -0.25) is 4.72 Å². The SMILES string of the molecule is COC(=O)c1occc1COC(=O)c1cccc(NS(C)(=O)=O)c1. The van der Waals surface area contributed by atoms with Gasteiger partial charge in [0.15, 0.2) is 0 Å². The lowest BCUT2D eigenvalue weighted by Crippen LogP contribution is -2.11. The molecule has 0 bridgehead atoms. The minimum absolute atomic E-state index is 0.0437. The zero-order valence-electron chi connectivity index (χ0n) is 12.9. The molecule has 8 nitrogen and oxygen atoms in total. The number of methoxy groups -OCH3 is 1. The normalized spacial score (nSPS) is 10.9. The van der Waals surface area contributed by atoms with Gasteiger partial charge in [-0.15, -0.1) is 0 Å². The second kappa shape index (κ2) is 7.18. The lowest BCUT2D eigenvalue weighted by molar-refractivity contribution is 0.0453. The van der Waals surface area contributed by atoms with Crippen molar-refractivity contribution in [3.63, 3.8) is 0 Å².